The first-order valence-electron chi connectivity index (χ1n) is 7.37. The standard InChI is InChI=1S/C16H25N3O3/c1-11-9-12(2)15(13(3)10-11)22-8-7-19-16(21)18-6-5-17-14(4)20/h9-10H,5-8H2,1-4H3,(H,17,20)(H2,18,19,21). The number of hydrogen-bond donors (Lipinski definition) is 3. The van der Waals surface area contributed by atoms with Crippen LogP contribution >= 0.6 is 0 Å². The van der Waals surface area contributed by atoms with E-state index in [2.05, 4.69) is 35.0 Å². The average molecular weight is 307 g/mol. The van der Waals surface area contributed by atoms with E-state index < -0.39 is 0 Å². The number of benzene rings is 1. The van der Waals surface area contributed by atoms with Crippen LogP contribution in [0.2, 0.25) is 0 Å². The lowest BCUT2D eigenvalue weighted by molar-refractivity contribution is -0.118. The fraction of sp³-hybridized carbons (Fsp3) is 0.500. The normalized spacial score (nSPS) is 10.0. The zero-order valence-electron chi connectivity index (χ0n) is 13.7. The van der Waals surface area contributed by atoms with Crippen LogP contribution in [0.15, 0.2) is 12.1 Å². The smallest absolute Gasteiger partial charge is 0.314 e. The van der Waals surface area contributed by atoms with Crippen LogP contribution in [0.5, 0.6) is 5.75 Å². The highest BCUT2D eigenvalue weighted by Gasteiger charge is 2.05. The third kappa shape index (κ3) is 6.47. The summed E-state index contributed by atoms with van der Waals surface area (Å²) in [6.07, 6.45) is 0. The summed E-state index contributed by atoms with van der Waals surface area (Å²) in [6.45, 7) is 9.14. The second-order valence-electron chi connectivity index (χ2n) is 5.24. The number of amides is 3. The highest BCUT2D eigenvalue weighted by atomic mass is 16.5. The van der Waals surface area contributed by atoms with Crippen LogP contribution in [0.3, 0.4) is 0 Å². The molecule has 0 aliphatic carbocycles. The largest absolute Gasteiger partial charge is 0.491 e. The minimum atomic E-state index is -0.272. The zero-order chi connectivity index (χ0) is 16.5. The summed E-state index contributed by atoms with van der Waals surface area (Å²) in [5.74, 6) is 0.762. The Kier molecular flexibility index (Phi) is 7.22. The first-order valence-corrected chi connectivity index (χ1v) is 7.37. The molecule has 122 valence electrons. The van der Waals surface area contributed by atoms with Crippen molar-refractivity contribution >= 4 is 11.9 Å². The maximum atomic E-state index is 11.5. The summed E-state index contributed by atoms with van der Waals surface area (Å²) in [7, 11) is 0. The van der Waals surface area contributed by atoms with Crippen molar-refractivity contribution in [1.82, 2.24) is 16.0 Å². The maximum Gasteiger partial charge on any atom is 0.314 e. The van der Waals surface area contributed by atoms with Crippen LogP contribution < -0.4 is 20.7 Å². The molecule has 1 aromatic rings. The molecule has 0 saturated carbocycles. The highest BCUT2D eigenvalue weighted by Crippen LogP contribution is 2.24. The van der Waals surface area contributed by atoms with E-state index in [9.17, 15) is 9.59 Å². The molecule has 0 unspecified atom stereocenters. The first kappa shape index (κ1) is 17.8. The minimum Gasteiger partial charge on any atom is -0.491 e. The van der Waals surface area contributed by atoms with Crippen molar-refractivity contribution in [3.8, 4) is 5.75 Å². The number of hydrogen-bond acceptors (Lipinski definition) is 3. The molecule has 3 amide bonds. The number of rotatable bonds is 7. The molecule has 0 aliphatic rings. The second-order valence-corrected chi connectivity index (χ2v) is 5.24. The lowest BCUT2D eigenvalue weighted by Gasteiger charge is -2.13. The molecular formula is C16H25N3O3. The van der Waals surface area contributed by atoms with Gasteiger partial charge in [0.2, 0.25) is 5.91 Å². The molecule has 0 saturated heterocycles. The number of ether oxygens (including phenoxy) is 1. The first-order chi connectivity index (χ1) is 10.4. The Balaban J connectivity index is 2.22. The predicted octanol–water partition coefficient (Wildman–Crippen LogP) is 1.43. The molecule has 0 radical (unpaired) electrons. The van der Waals surface area contributed by atoms with Crippen molar-refractivity contribution < 1.29 is 14.3 Å². The van der Waals surface area contributed by atoms with Crippen molar-refractivity contribution in [3.05, 3.63) is 28.8 Å². The minimum absolute atomic E-state index is 0.112. The van der Waals surface area contributed by atoms with Crippen LogP contribution in [0.4, 0.5) is 4.79 Å². The van der Waals surface area contributed by atoms with E-state index in [0.29, 0.717) is 26.2 Å². The van der Waals surface area contributed by atoms with E-state index in [4.69, 9.17) is 4.74 Å². The summed E-state index contributed by atoms with van der Waals surface area (Å²) in [6, 6.07) is 3.88. The van der Waals surface area contributed by atoms with Gasteiger partial charge in [0, 0.05) is 20.0 Å². The summed E-state index contributed by atoms with van der Waals surface area (Å²) in [4.78, 5) is 22.1. The van der Waals surface area contributed by atoms with Gasteiger partial charge in [-0.2, -0.15) is 0 Å². The molecule has 1 aromatic carbocycles. The SMILES string of the molecule is CC(=O)NCCNC(=O)NCCOc1c(C)cc(C)cc1C. The van der Waals surface area contributed by atoms with Gasteiger partial charge in [0.05, 0.1) is 6.54 Å². The Labute approximate surface area is 131 Å². The van der Waals surface area contributed by atoms with E-state index in [0.717, 1.165) is 16.9 Å². The summed E-state index contributed by atoms with van der Waals surface area (Å²) in [5.41, 5.74) is 3.40. The van der Waals surface area contributed by atoms with Gasteiger partial charge in [-0.1, -0.05) is 17.7 Å². The fourth-order valence-corrected chi connectivity index (χ4v) is 2.19. The van der Waals surface area contributed by atoms with Crippen LogP contribution in [0.25, 0.3) is 0 Å². The van der Waals surface area contributed by atoms with E-state index in [-0.39, 0.29) is 11.9 Å². The Morgan fingerprint density at radius 2 is 1.50 bits per heavy atom. The quantitative estimate of drug-likeness (QED) is 0.667. The molecule has 22 heavy (non-hydrogen) atoms. The lowest BCUT2D eigenvalue weighted by atomic mass is 10.1. The second kappa shape index (κ2) is 8.92. The van der Waals surface area contributed by atoms with E-state index in [1.54, 1.807) is 0 Å². The van der Waals surface area contributed by atoms with E-state index in [1.165, 1.54) is 12.5 Å². The van der Waals surface area contributed by atoms with Gasteiger partial charge in [-0.3, -0.25) is 4.79 Å². The molecule has 6 nitrogen and oxygen atoms in total. The molecule has 0 aromatic heterocycles. The fourth-order valence-electron chi connectivity index (χ4n) is 2.19. The van der Waals surface area contributed by atoms with Gasteiger partial charge in [-0.05, 0) is 31.9 Å². The molecule has 3 N–H and O–H groups in total. The average Bonchev–Trinajstić information content (AvgIpc) is 2.41. The van der Waals surface area contributed by atoms with Gasteiger partial charge in [0.15, 0.2) is 0 Å². The van der Waals surface area contributed by atoms with Crippen molar-refractivity contribution in [3.63, 3.8) is 0 Å². The van der Waals surface area contributed by atoms with E-state index in [1.807, 2.05) is 13.8 Å². The number of carbonyl (C=O) groups excluding carboxylic acids is 2. The van der Waals surface area contributed by atoms with Gasteiger partial charge in [0.25, 0.3) is 0 Å². The molecule has 0 heterocycles. The Hall–Kier alpha value is -2.24. The summed E-state index contributed by atoms with van der Waals surface area (Å²) in [5, 5.41) is 7.95. The number of nitrogens with one attached hydrogen (secondary N) is 3. The molecule has 0 aliphatic heterocycles. The maximum absolute atomic E-state index is 11.5. The van der Waals surface area contributed by atoms with Crippen LogP contribution in [-0.2, 0) is 4.79 Å². The van der Waals surface area contributed by atoms with Gasteiger partial charge in [-0.15, -0.1) is 0 Å². The highest BCUT2D eigenvalue weighted by molar-refractivity contribution is 5.74. The third-order valence-electron chi connectivity index (χ3n) is 3.02. The lowest BCUT2D eigenvalue weighted by Crippen LogP contribution is -2.41. The molecule has 0 bridgehead atoms. The third-order valence-corrected chi connectivity index (χ3v) is 3.02. The van der Waals surface area contributed by atoms with E-state index >= 15 is 0 Å². The van der Waals surface area contributed by atoms with Crippen LogP contribution in [0, 0.1) is 20.8 Å². The number of urea groups is 1. The molecule has 1 rings (SSSR count). The van der Waals surface area contributed by atoms with Crippen molar-refractivity contribution in [1.29, 1.82) is 0 Å². The van der Waals surface area contributed by atoms with Crippen LogP contribution in [-0.4, -0.2) is 38.2 Å². The molecule has 0 spiro atoms. The van der Waals surface area contributed by atoms with Gasteiger partial charge in [-0.25, -0.2) is 4.79 Å². The Morgan fingerprint density at radius 3 is 2.09 bits per heavy atom. The molecule has 0 fully saturated rings. The Morgan fingerprint density at radius 1 is 0.955 bits per heavy atom. The van der Waals surface area contributed by atoms with Crippen LogP contribution in [0.1, 0.15) is 23.6 Å². The molecular weight excluding hydrogens is 282 g/mol. The van der Waals surface area contributed by atoms with Crippen molar-refractivity contribution in [2.45, 2.75) is 27.7 Å². The zero-order valence-corrected chi connectivity index (χ0v) is 13.7. The summed E-state index contributed by atoms with van der Waals surface area (Å²) < 4.78 is 5.73. The predicted molar refractivity (Wildman–Crippen MR) is 86.2 cm³/mol. The van der Waals surface area contributed by atoms with Gasteiger partial charge >= 0.3 is 6.03 Å². The van der Waals surface area contributed by atoms with Crippen molar-refractivity contribution in [2.75, 3.05) is 26.2 Å². The summed E-state index contributed by atoms with van der Waals surface area (Å²) >= 11 is 0. The van der Waals surface area contributed by atoms with Gasteiger partial charge < -0.3 is 20.7 Å². The molecule has 6 heteroatoms. The topological polar surface area (TPSA) is 79.5 Å². The number of carbonyl (C=O) groups is 2. The van der Waals surface area contributed by atoms with Crippen molar-refractivity contribution in [2.24, 2.45) is 0 Å². The Bertz CT molecular complexity index is 506. The molecule has 0 atom stereocenters. The number of aryl methyl sites for hydroxylation is 3. The monoisotopic (exact) mass is 307 g/mol. The van der Waals surface area contributed by atoms with Gasteiger partial charge in [0.1, 0.15) is 12.4 Å².